The van der Waals surface area contributed by atoms with Crippen molar-refractivity contribution in [3.05, 3.63) is 28.5 Å². The SMILES string of the molecule is O=S(=O)(Cl)CC1(COc2ccc(F)cc2Br)CCCC1. The first-order valence-corrected chi connectivity index (χ1v) is 9.57. The van der Waals surface area contributed by atoms with E-state index in [0.717, 1.165) is 25.7 Å². The van der Waals surface area contributed by atoms with Gasteiger partial charge in [0.2, 0.25) is 9.05 Å². The summed E-state index contributed by atoms with van der Waals surface area (Å²) in [5, 5.41) is 0. The lowest BCUT2D eigenvalue weighted by molar-refractivity contribution is 0.170. The molecule has 0 aromatic heterocycles. The van der Waals surface area contributed by atoms with Gasteiger partial charge >= 0.3 is 0 Å². The van der Waals surface area contributed by atoms with Crippen molar-refractivity contribution in [1.82, 2.24) is 0 Å². The van der Waals surface area contributed by atoms with Crippen LogP contribution in [0.15, 0.2) is 22.7 Å². The second kappa shape index (κ2) is 6.20. The molecule has 0 bridgehead atoms. The summed E-state index contributed by atoms with van der Waals surface area (Å²) >= 11 is 3.23. The van der Waals surface area contributed by atoms with Crippen molar-refractivity contribution in [2.24, 2.45) is 5.41 Å². The summed E-state index contributed by atoms with van der Waals surface area (Å²) in [6, 6.07) is 4.14. The van der Waals surface area contributed by atoms with Crippen LogP contribution in [0.2, 0.25) is 0 Å². The second-order valence-electron chi connectivity index (χ2n) is 5.25. The largest absolute Gasteiger partial charge is 0.492 e. The molecule has 3 nitrogen and oxygen atoms in total. The second-order valence-corrected chi connectivity index (χ2v) is 8.88. The van der Waals surface area contributed by atoms with Gasteiger partial charge in [-0.25, -0.2) is 12.8 Å². The lowest BCUT2D eigenvalue weighted by Crippen LogP contribution is -2.32. The summed E-state index contributed by atoms with van der Waals surface area (Å²) in [5.74, 6) is 0.0631. The lowest BCUT2D eigenvalue weighted by Gasteiger charge is -2.27. The summed E-state index contributed by atoms with van der Waals surface area (Å²) in [6.07, 6.45) is 3.50. The highest BCUT2D eigenvalue weighted by Crippen LogP contribution is 2.41. The number of hydrogen-bond donors (Lipinski definition) is 0. The Labute approximate surface area is 131 Å². The minimum absolute atomic E-state index is 0.0830. The Morgan fingerprint density at radius 1 is 1.35 bits per heavy atom. The van der Waals surface area contributed by atoms with E-state index >= 15 is 0 Å². The number of halogens is 3. The highest BCUT2D eigenvalue weighted by Gasteiger charge is 2.38. The molecule has 1 aromatic rings. The maximum Gasteiger partial charge on any atom is 0.233 e. The van der Waals surface area contributed by atoms with Crippen LogP contribution in [-0.2, 0) is 9.05 Å². The Kier molecular flexibility index (Phi) is 4.97. The fraction of sp³-hybridized carbons (Fsp3) is 0.538. The van der Waals surface area contributed by atoms with Crippen molar-refractivity contribution in [3.8, 4) is 5.75 Å². The Hall–Kier alpha value is -0.330. The maximum atomic E-state index is 13.0. The minimum atomic E-state index is -3.57. The van der Waals surface area contributed by atoms with Gasteiger partial charge in [0.05, 0.1) is 16.8 Å². The van der Waals surface area contributed by atoms with E-state index in [0.29, 0.717) is 10.2 Å². The van der Waals surface area contributed by atoms with Crippen molar-refractivity contribution in [3.63, 3.8) is 0 Å². The Morgan fingerprint density at radius 3 is 2.55 bits per heavy atom. The molecular formula is C13H15BrClFO3S. The number of rotatable bonds is 5. The number of ether oxygens (including phenoxy) is 1. The van der Waals surface area contributed by atoms with Crippen LogP contribution < -0.4 is 4.74 Å². The van der Waals surface area contributed by atoms with Gasteiger partial charge in [-0.3, -0.25) is 0 Å². The van der Waals surface area contributed by atoms with Crippen LogP contribution in [0, 0.1) is 11.2 Å². The lowest BCUT2D eigenvalue weighted by atomic mass is 9.90. The first-order valence-electron chi connectivity index (χ1n) is 6.30. The predicted molar refractivity (Wildman–Crippen MR) is 80.1 cm³/mol. The van der Waals surface area contributed by atoms with Gasteiger partial charge in [-0.1, -0.05) is 12.8 Å². The maximum absolute atomic E-state index is 13.0. The molecule has 0 aliphatic heterocycles. The normalized spacial score (nSPS) is 18.1. The summed E-state index contributed by atoms with van der Waals surface area (Å²) in [5.41, 5.74) is -0.436. The van der Waals surface area contributed by atoms with Crippen LogP contribution in [0.5, 0.6) is 5.75 Å². The van der Waals surface area contributed by atoms with E-state index in [2.05, 4.69) is 15.9 Å². The molecule has 0 unspecified atom stereocenters. The van der Waals surface area contributed by atoms with E-state index in [9.17, 15) is 12.8 Å². The zero-order chi connectivity index (χ0) is 14.8. The van der Waals surface area contributed by atoms with E-state index in [1.165, 1.54) is 18.2 Å². The smallest absolute Gasteiger partial charge is 0.233 e. The topological polar surface area (TPSA) is 43.4 Å². The van der Waals surface area contributed by atoms with Gasteiger partial charge < -0.3 is 4.74 Å². The molecular weight excluding hydrogens is 371 g/mol. The van der Waals surface area contributed by atoms with Gasteiger partial charge in [-0.2, -0.15) is 0 Å². The van der Waals surface area contributed by atoms with Gasteiger partial charge in [0, 0.05) is 16.1 Å². The molecule has 0 N–H and O–H groups in total. The van der Waals surface area contributed by atoms with Crippen molar-refractivity contribution < 1.29 is 17.5 Å². The zero-order valence-corrected chi connectivity index (χ0v) is 13.9. The first-order chi connectivity index (χ1) is 9.30. The molecule has 1 aliphatic carbocycles. The molecule has 112 valence electrons. The molecule has 2 rings (SSSR count). The van der Waals surface area contributed by atoms with Crippen LogP contribution in [0.3, 0.4) is 0 Å². The third kappa shape index (κ3) is 4.33. The quantitative estimate of drug-likeness (QED) is 0.717. The van der Waals surface area contributed by atoms with Crippen molar-refractivity contribution >= 4 is 35.7 Å². The van der Waals surface area contributed by atoms with E-state index in [1.54, 1.807) is 0 Å². The number of hydrogen-bond acceptors (Lipinski definition) is 3. The molecule has 0 radical (unpaired) electrons. The summed E-state index contributed by atoms with van der Waals surface area (Å²) < 4.78 is 41.9. The van der Waals surface area contributed by atoms with Crippen LogP contribution in [0.25, 0.3) is 0 Å². The molecule has 0 saturated heterocycles. The van der Waals surface area contributed by atoms with Crippen molar-refractivity contribution in [2.75, 3.05) is 12.4 Å². The van der Waals surface area contributed by atoms with Crippen LogP contribution in [0.1, 0.15) is 25.7 Å². The van der Waals surface area contributed by atoms with Crippen molar-refractivity contribution in [2.45, 2.75) is 25.7 Å². The van der Waals surface area contributed by atoms with E-state index in [-0.39, 0.29) is 18.2 Å². The average molecular weight is 386 g/mol. The molecule has 20 heavy (non-hydrogen) atoms. The van der Waals surface area contributed by atoms with E-state index < -0.39 is 14.5 Å². The highest BCUT2D eigenvalue weighted by molar-refractivity contribution is 9.10. The van der Waals surface area contributed by atoms with E-state index in [1.807, 2.05) is 0 Å². The molecule has 0 spiro atoms. The fourth-order valence-electron chi connectivity index (χ4n) is 2.64. The first kappa shape index (κ1) is 16.0. The Balaban J connectivity index is 2.09. The van der Waals surface area contributed by atoms with Gasteiger partial charge in [-0.15, -0.1) is 0 Å². The van der Waals surface area contributed by atoms with Crippen LogP contribution >= 0.6 is 26.6 Å². The van der Waals surface area contributed by atoms with Crippen molar-refractivity contribution in [1.29, 1.82) is 0 Å². The minimum Gasteiger partial charge on any atom is -0.492 e. The molecule has 0 atom stereocenters. The number of benzene rings is 1. The Morgan fingerprint density at radius 2 is 2.00 bits per heavy atom. The van der Waals surface area contributed by atoms with Gasteiger partial charge in [0.25, 0.3) is 0 Å². The third-order valence-corrected chi connectivity index (χ3v) is 5.47. The fourth-order valence-corrected chi connectivity index (χ4v) is 4.91. The predicted octanol–water partition coefficient (Wildman–Crippen LogP) is 4.10. The van der Waals surface area contributed by atoms with Crippen LogP contribution in [-0.4, -0.2) is 20.8 Å². The van der Waals surface area contributed by atoms with Gasteiger partial charge in [0.1, 0.15) is 11.6 Å². The molecule has 0 amide bonds. The van der Waals surface area contributed by atoms with Gasteiger partial charge in [-0.05, 0) is 47.0 Å². The van der Waals surface area contributed by atoms with Crippen LogP contribution in [0.4, 0.5) is 4.39 Å². The molecule has 1 aromatic carbocycles. The van der Waals surface area contributed by atoms with Gasteiger partial charge in [0.15, 0.2) is 0 Å². The monoisotopic (exact) mass is 384 g/mol. The Bertz CT molecular complexity index is 585. The molecule has 1 aliphatic rings. The highest BCUT2D eigenvalue weighted by atomic mass is 79.9. The standard InChI is InChI=1S/C13H15BrClFO3S/c14-11-7-10(16)3-4-12(11)19-8-13(5-1-2-6-13)9-20(15,17)18/h3-4,7H,1-2,5-6,8-9H2. The molecule has 0 heterocycles. The van der Waals surface area contributed by atoms with E-state index in [4.69, 9.17) is 15.4 Å². The third-order valence-electron chi connectivity index (χ3n) is 3.57. The molecule has 1 fully saturated rings. The summed E-state index contributed by atoms with van der Waals surface area (Å²) in [4.78, 5) is 0. The summed E-state index contributed by atoms with van der Waals surface area (Å²) in [6.45, 7) is 0.267. The molecule has 7 heteroatoms. The zero-order valence-electron chi connectivity index (χ0n) is 10.7. The average Bonchev–Trinajstić information content (AvgIpc) is 2.74. The molecule has 1 saturated carbocycles. The summed E-state index contributed by atoms with van der Waals surface area (Å²) in [7, 11) is 1.83.